The van der Waals surface area contributed by atoms with Gasteiger partial charge in [0.15, 0.2) is 5.82 Å². The molecule has 0 saturated heterocycles. The van der Waals surface area contributed by atoms with Gasteiger partial charge in [0.05, 0.1) is 6.21 Å². The predicted octanol–water partition coefficient (Wildman–Crippen LogP) is 3.50. The molecule has 0 atom stereocenters. The van der Waals surface area contributed by atoms with Crippen molar-refractivity contribution in [3.8, 4) is 29.5 Å². The largest absolute Gasteiger partial charge is 0.481 e. The molecule has 0 fully saturated rings. The third-order valence-electron chi connectivity index (χ3n) is 3.21. The van der Waals surface area contributed by atoms with Gasteiger partial charge in [-0.3, -0.25) is 0 Å². The zero-order valence-electron chi connectivity index (χ0n) is 12.7. The molecule has 0 amide bonds. The Kier molecular flexibility index (Phi) is 4.84. The number of aromatic nitrogens is 3. The molecule has 0 bridgehead atoms. The number of aromatic amines is 1. The van der Waals surface area contributed by atoms with Crippen molar-refractivity contribution in [3.63, 3.8) is 0 Å². The molecule has 0 aliphatic carbocycles. The van der Waals surface area contributed by atoms with Crippen molar-refractivity contribution in [2.24, 2.45) is 5.10 Å². The SMILES string of the molecule is C#CCOc1ccc(/C=N\n2c(-c3ccccc3)n[nH]c2=S)cc1. The topological polar surface area (TPSA) is 55.2 Å². The molecule has 0 spiro atoms. The van der Waals surface area contributed by atoms with Crippen LogP contribution in [0.25, 0.3) is 11.4 Å². The summed E-state index contributed by atoms with van der Waals surface area (Å²) in [6, 6.07) is 17.2. The maximum atomic E-state index is 5.34. The van der Waals surface area contributed by atoms with E-state index in [2.05, 4.69) is 21.2 Å². The summed E-state index contributed by atoms with van der Waals surface area (Å²) < 4.78 is 7.36. The quantitative estimate of drug-likeness (QED) is 0.441. The number of hydrogen-bond donors (Lipinski definition) is 1. The zero-order chi connectivity index (χ0) is 16.8. The molecule has 0 radical (unpaired) electrons. The van der Waals surface area contributed by atoms with Gasteiger partial charge in [-0.2, -0.15) is 14.9 Å². The van der Waals surface area contributed by atoms with E-state index in [1.807, 2.05) is 54.6 Å². The Hall–Kier alpha value is -3.17. The van der Waals surface area contributed by atoms with Crippen LogP contribution in [-0.4, -0.2) is 27.7 Å². The molecular formula is C18H14N4OS. The number of ether oxygens (including phenoxy) is 1. The van der Waals surface area contributed by atoms with Gasteiger partial charge in [-0.05, 0) is 42.0 Å². The summed E-state index contributed by atoms with van der Waals surface area (Å²) in [5, 5.41) is 11.4. The minimum Gasteiger partial charge on any atom is -0.481 e. The van der Waals surface area contributed by atoms with Crippen LogP contribution in [0.2, 0.25) is 0 Å². The van der Waals surface area contributed by atoms with Crippen LogP contribution in [0.3, 0.4) is 0 Å². The highest BCUT2D eigenvalue weighted by Crippen LogP contribution is 2.16. The normalized spacial score (nSPS) is 10.6. The maximum Gasteiger partial charge on any atom is 0.216 e. The van der Waals surface area contributed by atoms with Crippen molar-refractivity contribution < 1.29 is 4.74 Å². The van der Waals surface area contributed by atoms with E-state index in [-0.39, 0.29) is 6.61 Å². The average molecular weight is 334 g/mol. The Balaban J connectivity index is 1.84. The monoisotopic (exact) mass is 334 g/mol. The first kappa shape index (κ1) is 15.7. The number of rotatable bonds is 5. The van der Waals surface area contributed by atoms with Crippen LogP contribution in [-0.2, 0) is 0 Å². The number of nitrogens with zero attached hydrogens (tertiary/aromatic N) is 3. The van der Waals surface area contributed by atoms with E-state index < -0.39 is 0 Å². The second-order valence-corrected chi connectivity index (χ2v) is 5.22. The Bertz CT molecular complexity index is 934. The van der Waals surface area contributed by atoms with Crippen molar-refractivity contribution >= 4 is 18.4 Å². The molecule has 0 saturated carbocycles. The van der Waals surface area contributed by atoms with E-state index in [1.165, 1.54) is 0 Å². The highest BCUT2D eigenvalue weighted by atomic mass is 32.1. The van der Waals surface area contributed by atoms with Gasteiger partial charge in [0.1, 0.15) is 12.4 Å². The van der Waals surface area contributed by atoms with Crippen molar-refractivity contribution in [2.45, 2.75) is 0 Å². The number of benzene rings is 2. The molecule has 6 heteroatoms. The molecular weight excluding hydrogens is 320 g/mol. The Morgan fingerprint density at radius 3 is 2.67 bits per heavy atom. The van der Waals surface area contributed by atoms with Crippen molar-refractivity contribution in [1.29, 1.82) is 0 Å². The first-order valence-electron chi connectivity index (χ1n) is 7.21. The van der Waals surface area contributed by atoms with Crippen LogP contribution in [0.5, 0.6) is 5.75 Å². The zero-order valence-corrected chi connectivity index (χ0v) is 13.5. The second-order valence-electron chi connectivity index (χ2n) is 4.84. The fraction of sp³-hybridized carbons (Fsp3) is 0.0556. The lowest BCUT2D eigenvalue weighted by atomic mass is 10.2. The molecule has 5 nitrogen and oxygen atoms in total. The van der Waals surface area contributed by atoms with E-state index in [0.29, 0.717) is 10.6 Å². The predicted molar refractivity (Wildman–Crippen MR) is 96.6 cm³/mol. The lowest BCUT2D eigenvalue weighted by molar-refractivity contribution is 0.370. The lowest BCUT2D eigenvalue weighted by Gasteiger charge is -2.02. The average Bonchev–Trinajstić information content (AvgIpc) is 3.00. The molecule has 0 unspecified atom stereocenters. The Labute approximate surface area is 144 Å². The van der Waals surface area contributed by atoms with E-state index in [9.17, 15) is 0 Å². The van der Waals surface area contributed by atoms with E-state index in [0.717, 1.165) is 16.9 Å². The standard InChI is InChI=1S/C18H14N4OS/c1-2-12-23-16-10-8-14(9-11-16)13-19-22-17(20-21-18(22)24)15-6-4-3-5-7-15/h1,3-11,13H,12H2,(H,21,24)/b19-13-. The number of terminal acetylenes is 1. The summed E-state index contributed by atoms with van der Waals surface area (Å²) >= 11 is 5.25. The molecule has 1 heterocycles. The van der Waals surface area contributed by atoms with Crippen LogP contribution < -0.4 is 4.74 Å². The first-order chi connectivity index (χ1) is 11.8. The molecule has 2 aromatic carbocycles. The lowest BCUT2D eigenvalue weighted by Crippen LogP contribution is -1.96. The van der Waals surface area contributed by atoms with Crippen molar-refractivity contribution in [1.82, 2.24) is 14.9 Å². The molecule has 118 valence electrons. The van der Waals surface area contributed by atoms with Gasteiger partial charge in [0.25, 0.3) is 0 Å². The third kappa shape index (κ3) is 3.59. The van der Waals surface area contributed by atoms with Gasteiger partial charge in [-0.15, -0.1) is 6.42 Å². The van der Waals surface area contributed by atoms with Gasteiger partial charge in [-0.25, -0.2) is 5.10 Å². The van der Waals surface area contributed by atoms with Gasteiger partial charge in [0.2, 0.25) is 4.77 Å². The molecule has 1 aromatic heterocycles. The summed E-state index contributed by atoms with van der Waals surface area (Å²) in [5.74, 6) is 3.80. The van der Waals surface area contributed by atoms with Gasteiger partial charge >= 0.3 is 0 Å². The fourth-order valence-electron chi connectivity index (χ4n) is 2.07. The molecule has 24 heavy (non-hydrogen) atoms. The molecule has 0 aliphatic heterocycles. The summed E-state index contributed by atoms with van der Waals surface area (Å²) in [7, 11) is 0. The maximum absolute atomic E-state index is 5.34. The van der Waals surface area contributed by atoms with Gasteiger partial charge in [-0.1, -0.05) is 36.3 Å². The fourth-order valence-corrected chi connectivity index (χ4v) is 2.25. The van der Waals surface area contributed by atoms with Crippen LogP contribution in [0.15, 0.2) is 59.7 Å². The molecule has 3 aromatic rings. The highest BCUT2D eigenvalue weighted by molar-refractivity contribution is 7.71. The number of nitrogens with one attached hydrogen (secondary N) is 1. The van der Waals surface area contributed by atoms with Crippen LogP contribution in [0.1, 0.15) is 5.56 Å². The highest BCUT2D eigenvalue weighted by Gasteiger charge is 2.06. The van der Waals surface area contributed by atoms with Gasteiger partial charge < -0.3 is 4.74 Å². The second kappa shape index (κ2) is 7.40. The summed E-state index contributed by atoms with van der Waals surface area (Å²) in [6.45, 7) is 0.248. The minimum atomic E-state index is 0.248. The van der Waals surface area contributed by atoms with Crippen LogP contribution in [0.4, 0.5) is 0 Å². The van der Waals surface area contributed by atoms with Crippen LogP contribution in [0, 0.1) is 17.1 Å². The van der Waals surface area contributed by atoms with Crippen molar-refractivity contribution in [3.05, 3.63) is 64.9 Å². The third-order valence-corrected chi connectivity index (χ3v) is 3.47. The van der Waals surface area contributed by atoms with E-state index in [4.69, 9.17) is 23.4 Å². The number of H-pyrrole nitrogens is 1. The van der Waals surface area contributed by atoms with E-state index >= 15 is 0 Å². The van der Waals surface area contributed by atoms with Crippen molar-refractivity contribution in [2.75, 3.05) is 6.61 Å². The molecule has 3 rings (SSSR count). The summed E-state index contributed by atoms with van der Waals surface area (Å²) in [4.78, 5) is 0. The van der Waals surface area contributed by atoms with Crippen LogP contribution >= 0.6 is 12.2 Å². The molecule has 1 N–H and O–H groups in total. The summed E-state index contributed by atoms with van der Waals surface area (Å²) in [5.41, 5.74) is 1.84. The number of hydrogen-bond acceptors (Lipinski definition) is 4. The minimum absolute atomic E-state index is 0.248. The first-order valence-corrected chi connectivity index (χ1v) is 7.62. The molecule has 0 aliphatic rings. The summed E-state index contributed by atoms with van der Waals surface area (Å²) in [6.07, 6.45) is 6.88. The van der Waals surface area contributed by atoms with E-state index in [1.54, 1.807) is 10.9 Å². The Morgan fingerprint density at radius 2 is 1.96 bits per heavy atom. The van der Waals surface area contributed by atoms with Gasteiger partial charge in [0, 0.05) is 5.56 Å². The Morgan fingerprint density at radius 1 is 1.21 bits per heavy atom. The smallest absolute Gasteiger partial charge is 0.216 e.